The van der Waals surface area contributed by atoms with E-state index in [0.717, 1.165) is 55.2 Å². The van der Waals surface area contributed by atoms with Gasteiger partial charge in [0.2, 0.25) is 5.82 Å². The first kappa shape index (κ1) is 28.6. The van der Waals surface area contributed by atoms with Crippen LogP contribution < -0.4 is 9.80 Å². The Labute approximate surface area is 242 Å². The molecule has 2 aliphatic heterocycles. The smallest absolute Gasteiger partial charge is 0.356 e. The molecule has 218 valence electrons. The van der Waals surface area contributed by atoms with Crippen LogP contribution in [0.15, 0.2) is 43.1 Å². The molecule has 3 aliphatic rings. The SMILES string of the molecule is C=CC.COC(=O)c1cccc(N(C)CCC2CCN(C(=O)c3nc4c(C)cc(N5CC6(CCC6)C5)cn4n3)C2)n1. The number of amides is 1. The summed E-state index contributed by atoms with van der Waals surface area (Å²) in [5.74, 6) is 0.838. The van der Waals surface area contributed by atoms with Gasteiger partial charge in [-0.3, -0.25) is 4.79 Å². The Hall–Kier alpha value is -3.95. The molecule has 0 radical (unpaired) electrons. The molecule has 1 amide bonds. The second-order valence-electron chi connectivity index (χ2n) is 11.7. The Bertz CT molecular complexity index is 1420. The topological polar surface area (TPSA) is 96.2 Å². The predicted octanol–water partition coefficient (Wildman–Crippen LogP) is 4.39. The molecule has 1 aliphatic carbocycles. The van der Waals surface area contributed by atoms with Gasteiger partial charge in [0.25, 0.3) is 5.91 Å². The number of hydrogen-bond donors (Lipinski definition) is 0. The van der Waals surface area contributed by atoms with E-state index < -0.39 is 5.97 Å². The summed E-state index contributed by atoms with van der Waals surface area (Å²) in [6.07, 6.45) is 9.68. The highest BCUT2D eigenvalue weighted by molar-refractivity contribution is 5.91. The summed E-state index contributed by atoms with van der Waals surface area (Å²) in [5.41, 5.74) is 3.79. The third kappa shape index (κ3) is 5.92. The highest BCUT2D eigenvalue weighted by atomic mass is 16.5. The van der Waals surface area contributed by atoms with Gasteiger partial charge in [0.05, 0.1) is 19.0 Å². The van der Waals surface area contributed by atoms with Gasteiger partial charge in [0.1, 0.15) is 5.82 Å². The van der Waals surface area contributed by atoms with Crippen molar-refractivity contribution < 1.29 is 14.3 Å². The lowest BCUT2D eigenvalue weighted by Crippen LogP contribution is -2.59. The van der Waals surface area contributed by atoms with Gasteiger partial charge in [0, 0.05) is 45.2 Å². The number of carbonyl (C=O) groups excluding carboxylic acids is 2. The van der Waals surface area contributed by atoms with Crippen LogP contribution in [-0.2, 0) is 4.74 Å². The van der Waals surface area contributed by atoms with Crippen LogP contribution in [0, 0.1) is 18.3 Å². The van der Waals surface area contributed by atoms with Crippen molar-refractivity contribution in [1.82, 2.24) is 24.5 Å². The number of allylic oxidation sites excluding steroid dienone is 1. The molecule has 1 spiro atoms. The monoisotopic (exact) mass is 559 g/mol. The number of carbonyl (C=O) groups is 2. The van der Waals surface area contributed by atoms with Crippen molar-refractivity contribution in [3.05, 3.63) is 60.2 Å². The second kappa shape index (κ2) is 11.9. The number of likely N-dealkylation sites (tertiary alicyclic amines) is 1. The van der Waals surface area contributed by atoms with Crippen molar-refractivity contribution in [1.29, 1.82) is 0 Å². The highest BCUT2D eigenvalue weighted by Gasteiger charge is 2.47. The number of aromatic nitrogens is 4. The molecule has 0 aromatic carbocycles. The zero-order valence-corrected chi connectivity index (χ0v) is 24.7. The first-order valence-corrected chi connectivity index (χ1v) is 14.5. The van der Waals surface area contributed by atoms with Gasteiger partial charge in [-0.05, 0) is 69.2 Å². The fraction of sp³-hybridized carbons (Fsp3) is 0.516. The Morgan fingerprint density at radius 3 is 2.68 bits per heavy atom. The molecule has 3 aromatic rings. The van der Waals surface area contributed by atoms with Crippen LogP contribution in [0.3, 0.4) is 0 Å². The number of ether oxygens (including phenoxy) is 1. The van der Waals surface area contributed by atoms with E-state index in [0.29, 0.717) is 30.1 Å². The minimum Gasteiger partial charge on any atom is -0.464 e. The molecule has 2 saturated heterocycles. The summed E-state index contributed by atoms with van der Waals surface area (Å²) in [6, 6.07) is 7.51. The standard InChI is InChI=1S/C28H35N7O3.C3H6/c1-19-14-21(34-17-28(18-34)10-5-11-28)16-35-25(19)30-24(31-35)26(36)33-13-9-20(15-33)8-12-32(2)23-7-4-6-22(29-23)27(37)38-3;1-3-2/h4,6-7,14,16,20H,5,8-13,15,17-18H2,1-3H3;3H,1H2,2H3. The zero-order chi connectivity index (χ0) is 29.1. The van der Waals surface area contributed by atoms with Crippen LogP contribution in [-0.4, -0.2) is 83.2 Å². The third-order valence-corrected chi connectivity index (χ3v) is 8.59. The fourth-order valence-corrected chi connectivity index (χ4v) is 6.07. The molecule has 1 unspecified atom stereocenters. The van der Waals surface area contributed by atoms with Crippen molar-refractivity contribution in [2.75, 3.05) is 56.7 Å². The Morgan fingerprint density at radius 2 is 2.00 bits per heavy atom. The summed E-state index contributed by atoms with van der Waals surface area (Å²) in [5, 5.41) is 4.59. The van der Waals surface area contributed by atoms with E-state index in [9.17, 15) is 9.59 Å². The number of pyridine rings is 2. The maximum Gasteiger partial charge on any atom is 0.356 e. The molecular formula is C31H41N7O3. The quantitative estimate of drug-likeness (QED) is 0.311. The summed E-state index contributed by atoms with van der Waals surface area (Å²) in [7, 11) is 3.31. The number of methoxy groups -OCH3 is 1. The Morgan fingerprint density at radius 1 is 1.24 bits per heavy atom. The molecule has 3 aromatic heterocycles. The van der Waals surface area contributed by atoms with Crippen molar-refractivity contribution in [2.24, 2.45) is 11.3 Å². The molecule has 10 heteroatoms. The van der Waals surface area contributed by atoms with E-state index in [1.165, 1.54) is 26.4 Å². The fourth-order valence-electron chi connectivity index (χ4n) is 6.07. The highest BCUT2D eigenvalue weighted by Crippen LogP contribution is 2.49. The van der Waals surface area contributed by atoms with Crippen molar-refractivity contribution in [3.8, 4) is 0 Å². The van der Waals surface area contributed by atoms with Crippen LogP contribution in [0.25, 0.3) is 5.65 Å². The van der Waals surface area contributed by atoms with Crippen molar-refractivity contribution >= 4 is 29.0 Å². The maximum absolute atomic E-state index is 13.3. The minimum atomic E-state index is -0.445. The molecule has 0 N–H and O–H groups in total. The first-order chi connectivity index (χ1) is 19.8. The van der Waals surface area contributed by atoms with E-state index >= 15 is 0 Å². The van der Waals surface area contributed by atoms with Crippen LogP contribution >= 0.6 is 0 Å². The maximum atomic E-state index is 13.3. The minimum absolute atomic E-state index is 0.102. The van der Waals surface area contributed by atoms with Gasteiger partial charge < -0.3 is 19.4 Å². The van der Waals surface area contributed by atoms with E-state index in [1.807, 2.05) is 49.0 Å². The Kier molecular flexibility index (Phi) is 8.28. The van der Waals surface area contributed by atoms with Gasteiger partial charge in [-0.1, -0.05) is 18.6 Å². The summed E-state index contributed by atoms with van der Waals surface area (Å²) < 4.78 is 6.55. The number of rotatable bonds is 7. The second-order valence-corrected chi connectivity index (χ2v) is 11.7. The zero-order valence-electron chi connectivity index (χ0n) is 24.7. The lowest BCUT2D eigenvalue weighted by molar-refractivity contribution is 0.0594. The number of esters is 1. The number of anilines is 2. The molecule has 3 fully saturated rings. The van der Waals surface area contributed by atoms with Crippen LogP contribution in [0.4, 0.5) is 11.5 Å². The van der Waals surface area contributed by atoms with E-state index in [-0.39, 0.29) is 11.7 Å². The average molecular weight is 560 g/mol. The van der Waals surface area contributed by atoms with E-state index in [2.05, 4.69) is 32.6 Å². The summed E-state index contributed by atoms with van der Waals surface area (Å²) >= 11 is 0. The van der Waals surface area contributed by atoms with Gasteiger partial charge in [-0.2, -0.15) is 0 Å². The first-order valence-electron chi connectivity index (χ1n) is 14.5. The van der Waals surface area contributed by atoms with Crippen LogP contribution in [0.2, 0.25) is 0 Å². The van der Waals surface area contributed by atoms with Gasteiger partial charge in [0.15, 0.2) is 11.3 Å². The van der Waals surface area contributed by atoms with Crippen LogP contribution in [0.5, 0.6) is 0 Å². The average Bonchev–Trinajstić information content (AvgIpc) is 3.58. The summed E-state index contributed by atoms with van der Waals surface area (Å²) in [6.45, 7) is 11.7. The number of nitrogens with zero attached hydrogens (tertiary/aromatic N) is 7. The van der Waals surface area contributed by atoms with Gasteiger partial charge in [-0.25, -0.2) is 19.3 Å². The lowest BCUT2D eigenvalue weighted by Gasteiger charge is -2.57. The summed E-state index contributed by atoms with van der Waals surface area (Å²) in [4.78, 5) is 40.4. The molecule has 6 rings (SSSR count). The van der Waals surface area contributed by atoms with Crippen molar-refractivity contribution in [2.45, 2.75) is 46.0 Å². The molecule has 1 atom stereocenters. The molecule has 41 heavy (non-hydrogen) atoms. The van der Waals surface area contributed by atoms with E-state index in [1.54, 1.807) is 16.7 Å². The molecule has 0 bridgehead atoms. The van der Waals surface area contributed by atoms with E-state index in [4.69, 9.17) is 4.74 Å². The number of fused-ring (bicyclic) bond motifs is 1. The Balaban J connectivity index is 0.00000108. The molecular weight excluding hydrogens is 518 g/mol. The lowest BCUT2D eigenvalue weighted by atomic mass is 9.63. The number of hydrogen-bond acceptors (Lipinski definition) is 8. The van der Waals surface area contributed by atoms with Gasteiger partial charge >= 0.3 is 5.97 Å². The molecule has 1 saturated carbocycles. The number of aryl methyl sites for hydroxylation is 1. The van der Waals surface area contributed by atoms with Crippen LogP contribution in [0.1, 0.15) is 65.7 Å². The molecule has 10 nitrogen and oxygen atoms in total. The molecule has 5 heterocycles. The van der Waals surface area contributed by atoms with Gasteiger partial charge in [-0.15, -0.1) is 11.7 Å². The largest absolute Gasteiger partial charge is 0.464 e. The normalized spacial score (nSPS) is 18.8. The third-order valence-electron chi connectivity index (χ3n) is 8.59. The van der Waals surface area contributed by atoms with Crippen molar-refractivity contribution in [3.63, 3.8) is 0 Å². The predicted molar refractivity (Wildman–Crippen MR) is 160 cm³/mol.